The number of hydrogen-bond acceptors (Lipinski definition) is 4. The molecule has 2 atom stereocenters. The molecule has 0 unspecified atom stereocenters. The van der Waals surface area contributed by atoms with Crippen LogP contribution in [0, 0.1) is 11.8 Å². The highest BCUT2D eigenvalue weighted by molar-refractivity contribution is 6.36. The largest absolute Gasteiger partial charge is 0.326 e. The van der Waals surface area contributed by atoms with E-state index in [4.69, 9.17) is 23.2 Å². The summed E-state index contributed by atoms with van der Waals surface area (Å²) in [4.78, 5) is 50.3. The second-order valence-corrected chi connectivity index (χ2v) is 10.9. The lowest BCUT2D eigenvalue weighted by molar-refractivity contribution is -0.140. The van der Waals surface area contributed by atoms with Gasteiger partial charge in [0.25, 0.3) is 0 Å². The number of anilines is 1. The minimum absolute atomic E-state index is 0.0715. The van der Waals surface area contributed by atoms with Crippen LogP contribution in [0.25, 0.3) is 0 Å². The molecule has 0 aromatic heterocycles. The Balaban J connectivity index is 1.29. The first-order valence-electron chi connectivity index (χ1n) is 12.0. The average molecular weight is 533 g/mol. The van der Waals surface area contributed by atoms with Crippen LogP contribution in [0.4, 0.5) is 5.69 Å². The van der Waals surface area contributed by atoms with Gasteiger partial charge in [-0.2, -0.15) is 0 Å². The molecule has 3 amide bonds. The zero-order valence-electron chi connectivity index (χ0n) is 19.8. The number of likely N-dealkylation sites (tertiary alicyclic amines) is 1. The van der Waals surface area contributed by atoms with Gasteiger partial charge < -0.3 is 5.32 Å². The van der Waals surface area contributed by atoms with E-state index in [1.54, 1.807) is 24.3 Å². The molecule has 0 radical (unpaired) electrons. The van der Waals surface area contributed by atoms with Gasteiger partial charge in [-0.05, 0) is 53.4 Å². The molecule has 186 valence electrons. The van der Waals surface area contributed by atoms with Gasteiger partial charge in [0.05, 0.1) is 11.8 Å². The molecule has 3 aliphatic carbocycles. The summed E-state index contributed by atoms with van der Waals surface area (Å²) < 4.78 is 0. The Kier molecular flexibility index (Phi) is 5.34. The number of carbonyl (C=O) groups is 4. The third-order valence-electron chi connectivity index (χ3n) is 7.81. The summed E-state index contributed by atoms with van der Waals surface area (Å²) in [5.41, 5.74) is 4.01. The lowest BCUT2D eigenvalue weighted by atomic mass is 9.54. The monoisotopic (exact) mass is 532 g/mol. The number of alkyl halides is 2. The van der Waals surface area contributed by atoms with Crippen molar-refractivity contribution in [2.75, 3.05) is 11.9 Å². The van der Waals surface area contributed by atoms with E-state index >= 15 is 0 Å². The minimum atomic E-state index is -1.24. The van der Waals surface area contributed by atoms with Crippen molar-refractivity contribution in [1.82, 2.24) is 4.90 Å². The van der Waals surface area contributed by atoms with Crippen molar-refractivity contribution in [1.29, 1.82) is 0 Å². The normalized spacial score (nSPS) is 26.9. The van der Waals surface area contributed by atoms with Gasteiger partial charge in [-0.15, -0.1) is 23.2 Å². The number of imide groups is 1. The molecule has 7 rings (SSSR count). The molecule has 2 bridgehead atoms. The summed E-state index contributed by atoms with van der Waals surface area (Å²) in [7, 11) is 0. The van der Waals surface area contributed by atoms with Crippen molar-refractivity contribution in [3.63, 3.8) is 0 Å². The molecule has 4 aliphatic rings. The molecule has 1 N–H and O–H groups in total. The Labute approximate surface area is 223 Å². The quantitative estimate of drug-likeness (QED) is 0.290. The lowest BCUT2D eigenvalue weighted by Gasteiger charge is -2.54. The molecule has 1 fully saturated rings. The summed E-state index contributed by atoms with van der Waals surface area (Å²) in [5.74, 6) is -3.04. The van der Waals surface area contributed by atoms with Gasteiger partial charge in [0, 0.05) is 24.2 Å². The van der Waals surface area contributed by atoms with Crippen LogP contribution in [-0.2, 0) is 24.1 Å². The smallest absolute Gasteiger partial charge is 0.235 e. The number of amides is 3. The molecule has 6 nitrogen and oxygen atoms in total. The molecule has 1 aliphatic heterocycles. The average Bonchev–Trinajstić information content (AvgIpc) is 3.16. The van der Waals surface area contributed by atoms with Gasteiger partial charge in [-0.25, -0.2) is 0 Å². The molecule has 37 heavy (non-hydrogen) atoms. The molecule has 1 heterocycles. The van der Waals surface area contributed by atoms with E-state index in [-0.39, 0.29) is 24.7 Å². The van der Waals surface area contributed by atoms with Crippen molar-refractivity contribution < 1.29 is 19.2 Å². The number of halogens is 2. The molecule has 8 heteroatoms. The van der Waals surface area contributed by atoms with Gasteiger partial charge in [-0.1, -0.05) is 48.5 Å². The predicted octanol–water partition coefficient (Wildman–Crippen LogP) is 4.81. The lowest BCUT2D eigenvalue weighted by Crippen LogP contribution is -2.57. The zero-order valence-corrected chi connectivity index (χ0v) is 21.3. The Morgan fingerprint density at radius 1 is 0.784 bits per heavy atom. The maximum Gasteiger partial charge on any atom is 0.235 e. The van der Waals surface area contributed by atoms with E-state index in [1.165, 1.54) is 6.92 Å². The van der Waals surface area contributed by atoms with E-state index in [9.17, 15) is 19.2 Å². The Morgan fingerprint density at radius 2 is 1.22 bits per heavy atom. The Bertz CT molecular complexity index is 1380. The summed E-state index contributed by atoms with van der Waals surface area (Å²) in [6, 6.07) is 21.4. The summed E-state index contributed by atoms with van der Waals surface area (Å²) >= 11 is 14.8. The van der Waals surface area contributed by atoms with E-state index < -0.39 is 33.4 Å². The van der Waals surface area contributed by atoms with E-state index in [0.717, 1.165) is 27.2 Å². The number of carbonyl (C=O) groups excluding carboxylic acids is 4. The summed E-state index contributed by atoms with van der Waals surface area (Å²) in [6.07, 6.45) is -0.0875. The van der Waals surface area contributed by atoms with Crippen LogP contribution >= 0.6 is 23.2 Å². The van der Waals surface area contributed by atoms with Gasteiger partial charge in [0.2, 0.25) is 17.7 Å². The Hall–Kier alpha value is -3.48. The molecule has 3 aromatic carbocycles. The number of nitrogens with zero attached hydrogens (tertiary/aromatic N) is 1. The third-order valence-corrected chi connectivity index (χ3v) is 9.10. The van der Waals surface area contributed by atoms with Gasteiger partial charge >= 0.3 is 0 Å². The number of benzene rings is 3. The second-order valence-electron chi connectivity index (χ2n) is 9.73. The SMILES string of the molecule is CC(=O)c1ccc(NC(=O)CCN2C(=O)[C@@H]3[C@H](C2=O)C2(Cl)c4ccccc4C3(Cl)c3ccccc32)cc1. The van der Waals surface area contributed by atoms with Crippen molar-refractivity contribution in [2.24, 2.45) is 11.8 Å². The molecule has 0 saturated carbocycles. The highest BCUT2D eigenvalue weighted by Gasteiger charge is 2.72. The number of hydrogen-bond donors (Lipinski definition) is 1. The topological polar surface area (TPSA) is 83.6 Å². The fourth-order valence-corrected chi connectivity index (χ4v) is 7.27. The molecular formula is C29H22Cl2N2O4. The molecule has 0 spiro atoms. The van der Waals surface area contributed by atoms with Gasteiger partial charge in [0.15, 0.2) is 5.78 Å². The zero-order chi connectivity index (χ0) is 26.1. The summed E-state index contributed by atoms with van der Waals surface area (Å²) in [5, 5.41) is 2.75. The predicted molar refractivity (Wildman–Crippen MR) is 140 cm³/mol. The van der Waals surface area contributed by atoms with Crippen LogP contribution in [0.1, 0.15) is 46.0 Å². The molecular weight excluding hydrogens is 511 g/mol. The molecule has 1 saturated heterocycles. The Morgan fingerprint density at radius 3 is 1.62 bits per heavy atom. The van der Waals surface area contributed by atoms with Gasteiger partial charge in [-0.3, -0.25) is 24.1 Å². The van der Waals surface area contributed by atoms with Crippen LogP contribution in [0.3, 0.4) is 0 Å². The van der Waals surface area contributed by atoms with Crippen molar-refractivity contribution >= 4 is 52.4 Å². The van der Waals surface area contributed by atoms with E-state index in [1.807, 2.05) is 48.5 Å². The summed E-state index contributed by atoms with van der Waals surface area (Å²) in [6.45, 7) is 1.38. The van der Waals surface area contributed by atoms with Crippen molar-refractivity contribution in [3.8, 4) is 0 Å². The fraction of sp³-hybridized carbons (Fsp3) is 0.241. The number of nitrogens with one attached hydrogen (secondary N) is 1. The first kappa shape index (κ1) is 23.9. The van der Waals surface area contributed by atoms with Crippen LogP contribution in [0.5, 0.6) is 0 Å². The fourth-order valence-electron chi connectivity index (χ4n) is 6.17. The van der Waals surface area contributed by atoms with Crippen molar-refractivity contribution in [2.45, 2.75) is 23.1 Å². The first-order valence-corrected chi connectivity index (χ1v) is 12.8. The number of Topliss-reactive ketones (excluding diaryl/α,β-unsaturated/α-hetero) is 1. The van der Waals surface area contributed by atoms with Gasteiger partial charge in [0.1, 0.15) is 9.75 Å². The molecule has 3 aromatic rings. The second kappa shape index (κ2) is 8.27. The highest BCUT2D eigenvalue weighted by Crippen LogP contribution is 2.69. The van der Waals surface area contributed by atoms with Crippen LogP contribution < -0.4 is 5.32 Å². The van der Waals surface area contributed by atoms with Crippen LogP contribution in [0.2, 0.25) is 0 Å². The minimum Gasteiger partial charge on any atom is -0.326 e. The number of rotatable bonds is 5. The maximum atomic E-state index is 13.8. The van der Waals surface area contributed by atoms with Crippen molar-refractivity contribution in [3.05, 3.63) is 101 Å². The highest BCUT2D eigenvalue weighted by atomic mass is 35.5. The van der Waals surface area contributed by atoms with Crippen LogP contribution in [-0.4, -0.2) is 34.9 Å². The van der Waals surface area contributed by atoms with Crippen LogP contribution in [0.15, 0.2) is 72.8 Å². The third kappa shape index (κ3) is 3.19. The maximum absolute atomic E-state index is 13.8. The van der Waals surface area contributed by atoms with E-state index in [2.05, 4.69) is 5.32 Å². The standard InChI is InChI=1S/C29H22Cl2N2O4/c1-16(34)17-10-12-18(13-11-17)32-23(35)14-15-33-26(36)24-25(27(33)37)29(31)20-7-3-2-6-19(20)28(24,30)21-8-4-5-9-22(21)29/h2-13,24-25H,14-15H2,1H3,(H,32,35)/t24-,25+,28?,29?. The van der Waals surface area contributed by atoms with E-state index in [0.29, 0.717) is 11.3 Å². The first-order chi connectivity index (χ1) is 17.7. The number of ketones is 1.